The van der Waals surface area contributed by atoms with Crippen LogP contribution in [0.3, 0.4) is 0 Å². The second-order valence-electron chi connectivity index (χ2n) is 6.74. The standard InChI is InChI=1S/C19H16BN3O5/c1-26-7-12-15(24)4-14-18-11(6-23(14)19(12)25)10(5-21-20)9-2-16-17(28-8-27-16)3-13(9)22-18/h2-4,21,24H,5-8H2,1H3. The van der Waals surface area contributed by atoms with Gasteiger partial charge in [0.2, 0.25) is 6.79 Å². The van der Waals surface area contributed by atoms with Gasteiger partial charge < -0.3 is 29.1 Å². The smallest absolute Gasteiger partial charge is 0.260 e. The third-order valence-electron chi connectivity index (χ3n) is 5.20. The summed E-state index contributed by atoms with van der Waals surface area (Å²) >= 11 is 0. The van der Waals surface area contributed by atoms with Gasteiger partial charge in [-0.05, 0) is 11.6 Å². The van der Waals surface area contributed by atoms with Crippen molar-refractivity contribution >= 4 is 18.9 Å². The van der Waals surface area contributed by atoms with Crippen LogP contribution < -0.4 is 20.3 Å². The Morgan fingerprint density at radius 3 is 2.82 bits per heavy atom. The van der Waals surface area contributed by atoms with Crippen molar-refractivity contribution in [3.05, 3.63) is 45.2 Å². The van der Waals surface area contributed by atoms with Crippen molar-refractivity contribution in [2.75, 3.05) is 13.9 Å². The molecule has 0 saturated carbocycles. The van der Waals surface area contributed by atoms with Gasteiger partial charge in [-0.1, -0.05) is 0 Å². The molecule has 1 aromatic carbocycles. The van der Waals surface area contributed by atoms with Crippen molar-refractivity contribution in [1.82, 2.24) is 14.8 Å². The van der Waals surface area contributed by atoms with E-state index in [1.165, 1.54) is 7.11 Å². The number of methoxy groups -OCH3 is 1. The minimum Gasteiger partial charge on any atom is -0.507 e. The van der Waals surface area contributed by atoms with Crippen LogP contribution >= 0.6 is 0 Å². The summed E-state index contributed by atoms with van der Waals surface area (Å²) in [5.41, 5.74) is 3.66. The molecule has 2 radical (unpaired) electrons. The van der Waals surface area contributed by atoms with Crippen LogP contribution in [0.5, 0.6) is 17.2 Å². The highest BCUT2D eigenvalue weighted by Gasteiger charge is 2.29. The number of nitrogens with zero attached hydrogens (tertiary/aromatic N) is 2. The van der Waals surface area contributed by atoms with E-state index in [0.29, 0.717) is 41.5 Å². The van der Waals surface area contributed by atoms with Crippen molar-refractivity contribution in [2.45, 2.75) is 19.7 Å². The number of nitrogens with one attached hydrogen (secondary N) is 1. The number of hydrogen-bond acceptors (Lipinski definition) is 7. The Balaban J connectivity index is 1.79. The second kappa shape index (κ2) is 6.25. The largest absolute Gasteiger partial charge is 0.507 e. The number of hydrogen-bond donors (Lipinski definition) is 2. The molecular weight excluding hydrogens is 361 g/mol. The summed E-state index contributed by atoms with van der Waals surface area (Å²) in [7, 11) is 7.11. The van der Waals surface area contributed by atoms with Crippen molar-refractivity contribution in [1.29, 1.82) is 0 Å². The molecule has 0 amide bonds. The fraction of sp³-hybridized carbons (Fsp3) is 0.263. The molecule has 0 fully saturated rings. The Morgan fingerprint density at radius 1 is 1.29 bits per heavy atom. The van der Waals surface area contributed by atoms with E-state index in [9.17, 15) is 9.90 Å². The van der Waals surface area contributed by atoms with Crippen molar-refractivity contribution in [3.8, 4) is 28.6 Å². The summed E-state index contributed by atoms with van der Waals surface area (Å²) in [6.45, 7) is 0.940. The van der Waals surface area contributed by atoms with Crippen molar-refractivity contribution in [2.24, 2.45) is 0 Å². The van der Waals surface area contributed by atoms with Crippen LogP contribution in [-0.2, 0) is 24.4 Å². The maximum absolute atomic E-state index is 12.9. The maximum Gasteiger partial charge on any atom is 0.260 e. The fourth-order valence-corrected chi connectivity index (χ4v) is 3.91. The van der Waals surface area contributed by atoms with Crippen LogP contribution in [0, 0.1) is 0 Å². The molecule has 5 rings (SSSR count). The first kappa shape index (κ1) is 17.1. The summed E-state index contributed by atoms with van der Waals surface area (Å²) in [5.74, 6) is 1.18. The predicted molar refractivity (Wildman–Crippen MR) is 102 cm³/mol. The average Bonchev–Trinajstić information content (AvgIpc) is 3.28. The highest BCUT2D eigenvalue weighted by molar-refractivity contribution is 6.04. The summed E-state index contributed by atoms with van der Waals surface area (Å²) in [6.07, 6.45) is 0. The van der Waals surface area contributed by atoms with Crippen molar-refractivity contribution in [3.63, 3.8) is 0 Å². The maximum atomic E-state index is 12.9. The number of aromatic hydroxyl groups is 1. The fourth-order valence-electron chi connectivity index (χ4n) is 3.91. The molecule has 0 atom stereocenters. The van der Waals surface area contributed by atoms with Gasteiger partial charge in [0.1, 0.15) is 5.75 Å². The third-order valence-corrected chi connectivity index (χ3v) is 5.20. The number of fused-ring (bicyclic) bond motifs is 5. The Morgan fingerprint density at radius 2 is 2.07 bits per heavy atom. The van der Waals surface area contributed by atoms with Gasteiger partial charge in [0.15, 0.2) is 19.5 Å². The highest BCUT2D eigenvalue weighted by Crippen LogP contribution is 2.41. The number of aromatic nitrogens is 2. The van der Waals surface area contributed by atoms with Crippen LogP contribution in [0.15, 0.2) is 23.0 Å². The molecule has 0 bridgehead atoms. The van der Waals surface area contributed by atoms with Crippen molar-refractivity contribution < 1.29 is 19.3 Å². The Hall–Kier alpha value is -3.04. The van der Waals surface area contributed by atoms with Crippen LogP contribution in [0.1, 0.15) is 16.7 Å². The first-order chi connectivity index (χ1) is 13.6. The molecule has 2 aromatic heterocycles. The Labute approximate surface area is 161 Å². The molecule has 140 valence electrons. The first-order valence-electron chi connectivity index (χ1n) is 8.76. The second-order valence-corrected chi connectivity index (χ2v) is 6.74. The molecular formula is C19H16BN3O5. The molecule has 2 aliphatic rings. The number of pyridine rings is 2. The van der Waals surface area contributed by atoms with E-state index in [4.69, 9.17) is 27.2 Å². The van der Waals surface area contributed by atoms with E-state index < -0.39 is 0 Å². The molecule has 4 heterocycles. The van der Waals surface area contributed by atoms with Gasteiger partial charge in [-0.15, -0.1) is 0 Å². The Kier molecular flexibility index (Phi) is 3.82. The summed E-state index contributed by atoms with van der Waals surface area (Å²) < 4.78 is 17.6. The molecule has 2 aliphatic heterocycles. The minimum absolute atomic E-state index is 0.0370. The van der Waals surface area contributed by atoms with Gasteiger partial charge in [0, 0.05) is 36.7 Å². The molecule has 0 unspecified atom stereocenters. The van der Waals surface area contributed by atoms with Gasteiger partial charge in [-0.25, -0.2) is 4.98 Å². The molecule has 28 heavy (non-hydrogen) atoms. The molecule has 0 aliphatic carbocycles. The zero-order chi connectivity index (χ0) is 19.4. The van der Waals surface area contributed by atoms with E-state index in [1.807, 2.05) is 12.1 Å². The molecule has 0 saturated heterocycles. The summed E-state index contributed by atoms with van der Waals surface area (Å²) in [5, 5.41) is 13.9. The molecule has 2 N–H and O–H groups in total. The first-order valence-corrected chi connectivity index (χ1v) is 8.76. The lowest BCUT2D eigenvalue weighted by molar-refractivity contribution is 0.174. The minimum atomic E-state index is -0.292. The summed E-state index contributed by atoms with van der Waals surface area (Å²) in [6, 6.07) is 5.27. The quantitative estimate of drug-likeness (QED) is 0.516. The van der Waals surface area contributed by atoms with Gasteiger partial charge >= 0.3 is 0 Å². The predicted octanol–water partition coefficient (Wildman–Crippen LogP) is 1.18. The van der Waals surface area contributed by atoms with E-state index in [1.54, 1.807) is 10.6 Å². The zero-order valence-corrected chi connectivity index (χ0v) is 15.1. The topological polar surface area (TPSA) is 94.8 Å². The van der Waals surface area contributed by atoms with E-state index in [0.717, 1.165) is 16.5 Å². The van der Waals surface area contributed by atoms with Gasteiger partial charge in [-0.2, -0.15) is 0 Å². The van der Waals surface area contributed by atoms with Crippen LogP contribution in [-0.4, -0.2) is 36.5 Å². The number of benzene rings is 1. The van der Waals surface area contributed by atoms with Gasteiger partial charge in [0.05, 0.1) is 35.6 Å². The SMILES string of the molecule is [B]NCc1c2c(nc3cc4c(cc13)OCO4)-c1cc(O)c(COC)c(=O)n1C2. The lowest BCUT2D eigenvalue weighted by atomic mass is 9.99. The molecule has 8 nitrogen and oxygen atoms in total. The van der Waals surface area contributed by atoms with E-state index in [2.05, 4.69) is 5.23 Å². The normalized spacial score (nSPS) is 13.8. The zero-order valence-electron chi connectivity index (χ0n) is 15.1. The lowest BCUT2D eigenvalue weighted by Gasteiger charge is -2.12. The van der Waals surface area contributed by atoms with E-state index >= 15 is 0 Å². The molecule has 0 spiro atoms. The van der Waals surface area contributed by atoms with Crippen LogP contribution in [0.4, 0.5) is 0 Å². The Bertz CT molecular complexity index is 1190. The van der Waals surface area contributed by atoms with E-state index in [-0.39, 0.29) is 30.3 Å². The van der Waals surface area contributed by atoms with Gasteiger partial charge in [0.25, 0.3) is 5.56 Å². The van der Waals surface area contributed by atoms with Crippen LogP contribution in [0.2, 0.25) is 0 Å². The molecule has 9 heteroatoms. The molecule has 3 aromatic rings. The highest BCUT2D eigenvalue weighted by atomic mass is 16.7. The van der Waals surface area contributed by atoms with Crippen LogP contribution in [0.25, 0.3) is 22.3 Å². The third kappa shape index (κ3) is 2.33. The lowest BCUT2D eigenvalue weighted by Crippen LogP contribution is -2.23. The van der Waals surface area contributed by atoms with Gasteiger partial charge in [-0.3, -0.25) is 4.79 Å². The average molecular weight is 377 g/mol. The monoisotopic (exact) mass is 377 g/mol. The number of ether oxygens (including phenoxy) is 3. The summed E-state index contributed by atoms with van der Waals surface area (Å²) in [4.78, 5) is 17.7. The number of rotatable bonds is 4.